The van der Waals surface area contributed by atoms with Gasteiger partial charge in [0, 0.05) is 12.5 Å². The van der Waals surface area contributed by atoms with Gasteiger partial charge >= 0.3 is 0 Å². The summed E-state index contributed by atoms with van der Waals surface area (Å²) in [6, 6.07) is 0. The first kappa shape index (κ1) is 11.1. The highest BCUT2D eigenvalue weighted by Gasteiger charge is 2.11. The summed E-state index contributed by atoms with van der Waals surface area (Å²) in [7, 11) is -3.28. The molecule has 0 radical (unpaired) electrons. The second-order valence-corrected chi connectivity index (χ2v) is 4.99. The molecule has 1 heterocycles. The quantitative estimate of drug-likeness (QED) is 0.753. The normalized spacial score (nSPS) is 14.2. The van der Waals surface area contributed by atoms with E-state index >= 15 is 0 Å². The Balaban J connectivity index is 2.79. The van der Waals surface area contributed by atoms with Gasteiger partial charge < -0.3 is 5.11 Å². The van der Waals surface area contributed by atoms with Crippen molar-refractivity contribution >= 4 is 9.84 Å². The number of aliphatic hydroxyl groups excluding tert-OH is 1. The Morgan fingerprint density at radius 2 is 2.36 bits per heavy atom. The summed E-state index contributed by atoms with van der Waals surface area (Å²) in [6.45, 7) is -0.930. The molecule has 0 aliphatic heterocycles. The third-order valence-electron chi connectivity index (χ3n) is 1.61. The number of rotatable bonds is 4. The van der Waals surface area contributed by atoms with E-state index in [0.29, 0.717) is 0 Å². The highest BCUT2D eigenvalue weighted by atomic mass is 32.2. The van der Waals surface area contributed by atoms with E-state index in [-0.39, 0.29) is 11.4 Å². The molecule has 0 aromatic carbocycles. The van der Waals surface area contributed by atoms with Crippen LogP contribution in [0.25, 0.3) is 0 Å². The van der Waals surface area contributed by atoms with E-state index in [1.54, 1.807) is 0 Å². The second-order valence-electron chi connectivity index (χ2n) is 2.98. The van der Waals surface area contributed by atoms with Crippen LogP contribution in [0.1, 0.15) is 0 Å². The zero-order valence-corrected chi connectivity index (χ0v) is 8.41. The van der Waals surface area contributed by atoms with Gasteiger partial charge in [-0.1, -0.05) is 0 Å². The lowest BCUT2D eigenvalue weighted by Crippen LogP contribution is -2.18. The van der Waals surface area contributed by atoms with Gasteiger partial charge in [-0.2, -0.15) is 5.10 Å². The molecule has 1 atom stereocenters. The van der Waals surface area contributed by atoms with Crippen LogP contribution in [-0.2, 0) is 16.4 Å². The molecule has 0 saturated carbocycles. The number of hydrogen-bond donors (Lipinski definition) is 1. The fourth-order valence-electron chi connectivity index (χ4n) is 0.901. The molecule has 0 saturated heterocycles. The summed E-state index contributed by atoms with van der Waals surface area (Å²) in [5.41, 5.74) is 0. The van der Waals surface area contributed by atoms with Crippen LogP contribution in [-0.4, -0.2) is 42.3 Å². The minimum Gasteiger partial charge on any atom is -0.388 e. The molecule has 0 aliphatic rings. The van der Waals surface area contributed by atoms with Crippen molar-refractivity contribution in [2.45, 2.75) is 17.5 Å². The molecule has 1 N–H and O–H groups in total. The van der Waals surface area contributed by atoms with Crippen LogP contribution in [0.2, 0.25) is 0 Å². The van der Waals surface area contributed by atoms with Crippen molar-refractivity contribution in [1.82, 2.24) is 9.78 Å². The zero-order valence-electron chi connectivity index (χ0n) is 7.59. The van der Waals surface area contributed by atoms with E-state index < -0.39 is 22.6 Å². The largest absolute Gasteiger partial charge is 0.388 e. The maximum atomic E-state index is 11.9. The Labute approximate surface area is 81.1 Å². The smallest absolute Gasteiger partial charge is 0.178 e. The fraction of sp³-hybridized carbons (Fsp3) is 0.571. The van der Waals surface area contributed by atoms with Gasteiger partial charge in [0.1, 0.15) is 17.7 Å². The molecule has 1 aromatic heterocycles. The molecule has 0 bridgehead atoms. The van der Waals surface area contributed by atoms with E-state index in [1.165, 1.54) is 17.1 Å². The predicted molar refractivity (Wildman–Crippen MR) is 47.3 cm³/mol. The molecular weight excluding hydrogens is 211 g/mol. The molecular formula is C7H11FN2O3S. The molecule has 0 spiro atoms. The number of aromatic nitrogens is 2. The van der Waals surface area contributed by atoms with Crippen LogP contribution >= 0.6 is 0 Å². The molecule has 14 heavy (non-hydrogen) atoms. The predicted octanol–water partition coefficient (Wildman–Crippen LogP) is -0.383. The number of halogens is 1. The molecule has 0 amide bonds. The number of nitrogens with zero attached hydrogens (tertiary/aromatic N) is 2. The number of hydrogen-bond acceptors (Lipinski definition) is 4. The van der Waals surface area contributed by atoms with E-state index in [4.69, 9.17) is 5.11 Å². The monoisotopic (exact) mass is 222 g/mol. The zero-order chi connectivity index (χ0) is 10.8. The summed E-state index contributed by atoms with van der Waals surface area (Å²) in [5.74, 6) is 0. The molecule has 0 fully saturated rings. The number of aliphatic hydroxyl groups is 1. The molecule has 7 heteroatoms. The fourth-order valence-corrected chi connectivity index (χ4v) is 1.45. The first-order valence-electron chi connectivity index (χ1n) is 3.90. The Hall–Kier alpha value is -0.950. The summed E-state index contributed by atoms with van der Waals surface area (Å²) in [4.78, 5) is 0.0589. The number of sulfone groups is 1. The third kappa shape index (κ3) is 2.78. The van der Waals surface area contributed by atoms with Crippen LogP contribution in [0.3, 0.4) is 0 Å². The first-order chi connectivity index (χ1) is 6.43. The third-order valence-corrected chi connectivity index (χ3v) is 2.68. The van der Waals surface area contributed by atoms with Gasteiger partial charge in [0.05, 0.1) is 12.7 Å². The molecule has 1 aromatic rings. The van der Waals surface area contributed by atoms with E-state index in [2.05, 4.69) is 5.10 Å². The Kier molecular flexibility index (Phi) is 3.22. The highest BCUT2D eigenvalue weighted by molar-refractivity contribution is 7.90. The summed E-state index contributed by atoms with van der Waals surface area (Å²) in [6.07, 6.45) is 2.33. The lowest BCUT2D eigenvalue weighted by Gasteiger charge is -2.04. The first-order valence-corrected chi connectivity index (χ1v) is 5.79. The van der Waals surface area contributed by atoms with Crippen molar-refractivity contribution in [2.24, 2.45) is 0 Å². The maximum Gasteiger partial charge on any atom is 0.178 e. The minimum atomic E-state index is -3.28. The van der Waals surface area contributed by atoms with Crippen LogP contribution in [0.15, 0.2) is 17.3 Å². The Morgan fingerprint density at radius 1 is 1.71 bits per heavy atom. The van der Waals surface area contributed by atoms with E-state index in [1.807, 2.05) is 0 Å². The SMILES string of the molecule is CS(=O)(=O)c1cnn(CC(O)CF)c1. The summed E-state index contributed by atoms with van der Waals surface area (Å²) >= 11 is 0. The van der Waals surface area contributed by atoms with E-state index in [9.17, 15) is 12.8 Å². The average Bonchev–Trinajstić information content (AvgIpc) is 2.51. The number of alkyl halides is 1. The Bertz CT molecular complexity index is 401. The van der Waals surface area contributed by atoms with Crippen LogP contribution in [0.5, 0.6) is 0 Å². The van der Waals surface area contributed by atoms with Crippen molar-refractivity contribution in [3.05, 3.63) is 12.4 Å². The molecule has 1 rings (SSSR count). The van der Waals surface area contributed by atoms with Gasteiger partial charge in [0.25, 0.3) is 0 Å². The van der Waals surface area contributed by atoms with Gasteiger partial charge in [-0.3, -0.25) is 4.68 Å². The topological polar surface area (TPSA) is 72.2 Å². The van der Waals surface area contributed by atoms with Gasteiger partial charge in [-0.05, 0) is 0 Å². The van der Waals surface area contributed by atoms with Crippen molar-refractivity contribution in [2.75, 3.05) is 12.9 Å². The Morgan fingerprint density at radius 3 is 2.79 bits per heavy atom. The van der Waals surface area contributed by atoms with Crippen molar-refractivity contribution in [3.8, 4) is 0 Å². The molecule has 5 nitrogen and oxygen atoms in total. The van der Waals surface area contributed by atoms with Crippen LogP contribution in [0.4, 0.5) is 4.39 Å². The van der Waals surface area contributed by atoms with E-state index in [0.717, 1.165) is 6.26 Å². The van der Waals surface area contributed by atoms with Crippen LogP contribution < -0.4 is 0 Å². The van der Waals surface area contributed by atoms with Crippen molar-refractivity contribution < 1.29 is 17.9 Å². The highest BCUT2D eigenvalue weighted by Crippen LogP contribution is 2.06. The van der Waals surface area contributed by atoms with Gasteiger partial charge in [0.15, 0.2) is 9.84 Å². The van der Waals surface area contributed by atoms with Crippen molar-refractivity contribution in [1.29, 1.82) is 0 Å². The lowest BCUT2D eigenvalue weighted by atomic mass is 10.4. The van der Waals surface area contributed by atoms with Crippen molar-refractivity contribution in [3.63, 3.8) is 0 Å². The lowest BCUT2D eigenvalue weighted by molar-refractivity contribution is 0.118. The second kappa shape index (κ2) is 4.05. The molecule has 1 unspecified atom stereocenters. The minimum absolute atomic E-state index is 0.0496. The van der Waals surface area contributed by atoms with Crippen LogP contribution in [0, 0.1) is 0 Å². The molecule has 80 valence electrons. The van der Waals surface area contributed by atoms with Gasteiger partial charge in [-0.15, -0.1) is 0 Å². The standard InChI is InChI=1S/C7H11FN2O3S/c1-14(12,13)7-3-9-10(5-7)4-6(11)2-8/h3,5-6,11H,2,4H2,1H3. The maximum absolute atomic E-state index is 11.9. The van der Waals surface area contributed by atoms with Gasteiger partial charge in [0.2, 0.25) is 0 Å². The average molecular weight is 222 g/mol. The summed E-state index contributed by atoms with van der Waals surface area (Å²) < 4.78 is 35.1. The van der Waals surface area contributed by atoms with Gasteiger partial charge in [-0.25, -0.2) is 12.8 Å². The summed E-state index contributed by atoms with van der Waals surface area (Å²) in [5, 5.41) is 12.6. The molecule has 0 aliphatic carbocycles.